The SMILES string of the molecule is COc1ccc2c(c1)N=C/C2=C\c1sc(=S)n(CCCC(=O)[O-])c1O. The lowest BCUT2D eigenvalue weighted by atomic mass is 10.1. The van der Waals surface area contributed by atoms with Crippen LogP contribution in [0.3, 0.4) is 0 Å². The molecule has 0 saturated heterocycles. The molecule has 0 amide bonds. The Balaban J connectivity index is 1.88. The Bertz CT molecular complexity index is 941. The van der Waals surface area contributed by atoms with E-state index in [1.165, 1.54) is 15.9 Å². The van der Waals surface area contributed by atoms with Gasteiger partial charge in [-0.2, -0.15) is 0 Å². The van der Waals surface area contributed by atoms with Crippen molar-refractivity contribution in [2.24, 2.45) is 4.99 Å². The molecular weight excluding hydrogens is 360 g/mol. The van der Waals surface area contributed by atoms with Crippen molar-refractivity contribution in [1.82, 2.24) is 4.57 Å². The molecule has 1 aliphatic rings. The zero-order valence-electron chi connectivity index (χ0n) is 13.4. The molecule has 0 atom stereocenters. The Kier molecular flexibility index (Phi) is 5.00. The highest BCUT2D eigenvalue weighted by Crippen LogP contribution is 2.37. The molecule has 1 aromatic carbocycles. The fraction of sp³-hybridized carbons (Fsp3) is 0.235. The molecule has 0 unspecified atom stereocenters. The van der Waals surface area contributed by atoms with E-state index in [2.05, 4.69) is 4.99 Å². The minimum Gasteiger partial charge on any atom is -0.550 e. The molecule has 1 N–H and O–H groups in total. The van der Waals surface area contributed by atoms with Crippen LogP contribution in [0.4, 0.5) is 5.69 Å². The summed E-state index contributed by atoms with van der Waals surface area (Å²) < 4.78 is 7.22. The summed E-state index contributed by atoms with van der Waals surface area (Å²) in [5.74, 6) is -0.344. The van der Waals surface area contributed by atoms with Crippen LogP contribution >= 0.6 is 23.6 Å². The van der Waals surface area contributed by atoms with E-state index in [4.69, 9.17) is 17.0 Å². The van der Waals surface area contributed by atoms with E-state index >= 15 is 0 Å². The van der Waals surface area contributed by atoms with E-state index in [1.807, 2.05) is 24.3 Å². The second kappa shape index (κ2) is 7.20. The van der Waals surface area contributed by atoms with Crippen LogP contribution in [0.2, 0.25) is 0 Å². The normalized spacial score (nSPS) is 14.0. The standard InChI is InChI=1S/C17H16N2O4S2/c1-23-11-4-5-12-10(9-18-13(12)8-11)7-14-16(22)19(17(24)25-14)6-2-3-15(20)21/h4-5,7-9,22H,2-3,6H2,1H3,(H,20,21)/p-1/b10-7+. The number of aromatic nitrogens is 1. The zero-order valence-corrected chi connectivity index (χ0v) is 15.0. The molecule has 2 aromatic rings. The van der Waals surface area contributed by atoms with Crippen LogP contribution in [0.25, 0.3) is 11.6 Å². The number of carbonyl (C=O) groups is 1. The van der Waals surface area contributed by atoms with E-state index in [1.54, 1.807) is 13.3 Å². The number of ether oxygens (including phenoxy) is 1. The lowest BCUT2D eigenvalue weighted by Gasteiger charge is -2.05. The van der Waals surface area contributed by atoms with Crippen molar-refractivity contribution in [1.29, 1.82) is 0 Å². The van der Waals surface area contributed by atoms with Crippen molar-refractivity contribution in [3.05, 3.63) is 32.6 Å². The van der Waals surface area contributed by atoms with Crippen LogP contribution in [0, 0.1) is 3.95 Å². The first-order valence-corrected chi connectivity index (χ1v) is 8.78. The van der Waals surface area contributed by atoms with Gasteiger partial charge in [0, 0.05) is 35.9 Å². The van der Waals surface area contributed by atoms with Crippen LogP contribution in [-0.4, -0.2) is 29.0 Å². The van der Waals surface area contributed by atoms with Gasteiger partial charge in [-0.15, -0.1) is 11.3 Å². The molecule has 0 spiro atoms. The third-order valence-corrected chi connectivity index (χ3v) is 5.19. The van der Waals surface area contributed by atoms with Gasteiger partial charge in [-0.3, -0.25) is 9.56 Å². The van der Waals surface area contributed by atoms with Gasteiger partial charge in [-0.05, 0) is 43.3 Å². The number of aromatic hydroxyl groups is 1. The molecule has 0 fully saturated rings. The topological polar surface area (TPSA) is 86.9 Å². The van der Waals surface area contributed by atoms with Crippen molar-refractivity contribution in [3.8, 4) is 11.6 Å². The summed E-state index contributed by atoms with van der Waals surface area (Å²) in [6, 6.07) is 5.62. The Hall–Kier alpha value is -2.45. The summed E-state index contributed by atoms with van der Waals surface area (Å²) in [5, 5.41) is 20.9. The highest BCUT2D eigenvalue weighted by atomic mass is 32.1. The van der Waals surface area contributed by atoms with E-state index in [9.17, 15) is 15.0 Å². The number of hydrogen-bond acceptors (Lipinski definition) is 7. The molecule has 3 rings (SSSR count). The number of rotatable bonds is 6. The molecular formula is C17H15N2O4S2-. The van der Waals surface area contributed by atoms with E-state index in [0.717, 1.165) is 22.6 Å². The Morgan fingerprint density at radius 1 is 1.52 bits per heavy atom. The summed E-state index contributed by atoms with van der Waals surface area (Å²) in [5.41, 5.74) is 2.62. The van der Waals surface area contributed by atoms with Gasteiger partial charge in [-0.25, -0.2) is 0 Å². The van der Waals surface area contributed by atoms with Crippen molar-refractivity contribution >= 4 is 53.1 Å². The van der Waals surface area contributed by atoms with Crippen LogP contribution in [0.15, 0.2) is 23.2 Å². The molecule has 130 valence electrons. The van der Waals surface area contributed by atoms with Gasteiger partial charge in [0.05, 0.1) is 17.7 Å². The lowest BCUT2D eigenvalue weighted by molar-refractivity contribution is -0.305. The number of carboxylic acid groups (broad SMARTS) is 1. The van der Waals surface area contributed by atoms with Gasteiger partial charge in [0.1, 0.15) is 5.75 Å². The summed E-state index contributed by atoms with van der Waals surface area (Å²) in [6.07, 6.45) is 3.83. The Labute approximate surface area is 153 Å². The van der Waals surface area contributed by atoms with Gasteiger partial charge in [0.2, 0.25) is 5.88 Å². The van der Waals surface area contributed by atoms with Crippen molar-refractivity contribution in [3.63, 3.8) is 0 Å². The molecule has 6 nitrogen and oxygen atoms in total. The number of nitrogens with zero attached hydrogens (tertiary/aromatic N) is 2. The number of benzene rings is 1. The summed E-state index contributed by atoms with van der Waals surface area (Å²) in [6.45, 7) is 0.334. The summed E-state index contributed by atoms with van der Waals surface area (Å²) in [4.78, 5) is 15.5. The van der Waals surface area contributed by atoms with Gasteiger partial charge in [0.15, 0.2) is 3.95 Å². The largest absolute Gasteiger partial charge is 0.550 e. The van der Waals surface area contributed by atoms with E-state index in [0.29, 0.717) is 21.8 Å². The zero-order chi connectivity index (χ0) is 18.0. The first-order valence-electron chi connectivity index (χ1n) is 7.56. The van der Waals surface area contributed by atoms with Crippen molar-refractivity contribution in [2.75, 3.05) is 7.11 Å². The average molecular weight is 375 g/mol. The van der Waals surface area contributed by atoms with Gasteiger partial charge in [-0.1, -0.05) is 0 Å². The fourth-order valence-electron chi connectivity index (χ4n) is 2.54. The molecule has 0 saturated carbocycles. The number of aliphatic carboxylic acids is 1. The summed E-state index contributed by atoms with van der Waals surface area (Å²) >= 11 is 6.54. The minimum absolute atomic E-state index is 0.0382. The van der Waals surface area contributed by atoms with Gasteiger partial charge in [0.25, 0.3) is 0 Å². The number of carbonyl (C=O) groups excluding carboxylic acids is 1. The number of thiazole rings is 1. The molecule has 1 aliphatic heterocycles. The number of methoxy groups -OCH3 is 1. The van der Waals surface area contributed by atoms with E-state index in [-0.39, 0.29) is 12.3 Å². The van der Waals surface area contributed by atoms with Crippen molar-refractivity contribution in [2.45, 2.75) is 19.4 Å². The molecule has 8 heteroatoms. The van der Waals surface area contributed by atoms with E-state index < -0.39 is 5.97 Å². The molecule has 0 radical (unpaired) electrons. The maximum Gasteiger partial charge on any atom is 0.210 e. The lowest BCUT2D eigenvalue weighted by Crippen LogP contribution is -2.22. The van der Waals surface area contributed by atoms with Gasteiger partial charge >= 0.3 is 0 Å². The first kappa shape index (κ1) is 17.4. The highest BCUT2D eigenvalue weighted by Gasteiger charge is 2.16. The molecule has 25 heavy (non-hydrogen) atoms. The predicted molar refractivity (Wildman–Crippen MR) is 98.1 cm³/mol. The third-order valence-electron chi connectivity index (χ3n) is 3.80. The quantitative estimate of drug-likeness (QED) is 0.785. The minimum atomic E-state index is -1.11. The van der Waals surface area contributed by atoms with Crippen LogP contribution in [-0.2, 0) is 11.3 Å². The fourth-order valence-corrected chi connectivity index (χ4v) is 3.85. The maximum atomic E-state index is 10.5. The molecule has 1 aromatic heterocycles. The molecule has 0 bridgehead atoms. The predicted octanol–water partition coefficient (Wildman–Crippen LogP) is 2.78. The van der Waals surface area contributed by atoms with Crippen LogP contribution in [0.1, 0.15) is 23.3 Å². The second-order valence-electron chi connectivity index (χ2n) is 5.42. The summed E-state index contributed by atoms with van der Waals surface area (Å²) in [7, 11) is 1.60. The number of aliphatic imine (C=N–C) groups is 1. The highest BCUT2D eigenvalue weighted by molar-refractivity contribution is 7.73. The monoisotopic (exact) mass is 375 g/mol. The van der Waals surface area contributed by atoms with Crippen LogP contribution < -0.4 is 9.84 Å². The second-order valence-corrected chi connectivity index (χ2v) is 7.10. The number of hydrogen-bond donors (Lipinski definition) is 1. The average Bonchev–Trinajstić information content (AvgIpc) is 3.10. The van der Waals surface area contributed by atoms with Crippen LogP contribution in [0.5, 0.6) is 11.6 Å². The number of carboxylic acids is 1. The Morgan fingerprint density at radius 2 is 2.32 bits per heavy atom. The Morgan fingerprint density at radius 3 is 3.04 bits per heavy atom. The maximum absolute atomic E-state index is 10.5. The molecule has 2 heterocycles. The van der Waals surface area contributed by atoms with Gasteiger partial charge < -0.3 is 19.7 Å². The first-order chi connectivity index (χ1) is 12.0. The van der Waals surface area contributed by atoms with Crippen molar-refractivity contribution < 1.29 is 19.7 Å². The smallest absolute Gasteiger partial charge is 0.210 e. The molecule has 0 aliphatic carbocycles. The third kappa shape index (κ3) is 3.64. The number of allylic oxidation sites excluding steroid dienone is 1. The number of fused-ring (bicyclic) bond motifs is 1.